The van der Waals surface area contributed by atoms with E-state index < -0.39 is 0 Å². The van der Waals surface area contributed by atoms with Crippen LogP contribution in [0.15, 0.2) is 10.7 Å². The lowest BCUT2D eigenvalue weighted by Crippen LogP contribution is -2.48. The second-order valence-electron chi connectivity index (χ2n) is 6.34. The normalized spacial score (nSPS) is 29.4. The molecule has 0 spiro atoms. The average Bonchev–Trinajstić information content (AvgIpc) is 3.23. The van der Waals surface area contributed by atoms with Gasteiger partial charge in [-0.1, -0.05) is 0 Å². The molecule has 5 nitrogen and oxygen atoms in total. The maximum atomic E-state index is 5.97. The first-order valence-corrected chi connectivity index (χ1v) is 8.71. The maximum Gasteiger partial charge on any atom is 0.135 e. The van der Waals surface area contributed by atoms with Gasteiger partial charge in [0.05, 0.1) is 12.7 Å². The van der Waals surface area contributed by atoms with Gasteiger partial charge in [-0.2, -0.15) is 0 Å². The molecule has 2 unspecified atom stereocenters. The van der Waals surface area contributed by atoms with Gasteiger partial charge in [-0.3, -0.25) is 4.90 Å². The molecule has 4 rings (SSSR count). The molecule has 21 heavy (non-hydrogen) atoms. The molecule has 3 heterocycles. The van der Waals surface area contributed by atoms with Crippen LogP contribution in [0.3, 0.4) is 0 Å². The van der Waals surface area contributed by atoms with E-state index in [4.69, 9.17) is 4.74 Å². The Hall–Kier alpha value is -0.720. The Bertz CT molecular complexity index is 522. The zero-order chi connectivity index (χ0) is 14.2. The number of anilines is 1. The molecule has 1 aromatic rings. The highest BCUT2D eigenvalue weighted by atomic mass is 79.9. The van der Waals surface area contributed by atoms with E-state index in [-0.39, 0.29) is 6.10 Å². The summed E-state index contributed by atoms with van der Waals surface area (Å²) in [5.74, 6) is 2.45. The quantitative estimate of drug-likeness (QED) is 0.843. The Labute approximate surface area is 133 Å². The van der Waals surface area contributed by atoms with Crippen molar-refractivity contribution in [2.75, 3.05) is 31.6 Å². The van der Waals surface area contributed by atoms with E-state index in [1.165, 1.54) is 32.2 Å². The van der Waals surface area contributed by atoms with Crippen LogP contribution in [0.2, 0.25) is 0 Å². The van der Waals surface area contributed by atoms with Crippen LogP contribution in [0, 0.1) is 0 Å². The van der Waals surface area contributed by atoms with Gasteiger partial charge >= 0.3 is 0 Å². The average molecular weight is 353 g/mol. The molecule has 0 bridgehead atoms. The number of halogens is 1. The molecule has 0 amide bonds. The molecule has 1 aromatic heterocycles. The van der Waals surface area contributed by atoms with Crippen LogP contribution in [0.1, 0.15) is 37.4 Å². The van der Waals surface area contributed by atoms with Gasteiger partial charge in [0, 0.05) is 31.1 Å². The monoisotopic (exact) mass is 352 g/mol. The molecule has 3 aliphatic rings. The maximum absolute atomic E-state index is 5.97. The number of ether oxygens (including phenoxy) is 1. The van der Waals surface area contributed by atoms with E-state index in [2.05, 4.69) is 36.1 Å². The van der Waals surface area contributed by atoms with Crippen molar-refractivity contribution < 1.29 is 4.74 Å². The summed E-state index contributed by atoms with van der Waals surface area (Å²) in [5, 5.41) is 3.43. The molecule has 0 aromatic carbocycles. The molecule has 2 atom stereocenters. The molecular formula is C15H21BrN4O. The predicted molar refractivity (Wildman–Crippen MR) is 84.5 cm³/mol. The summed E-state index contributed by atoms with van der Waals surface area (Å²) in [7, 11) is 0. The number of hydrogen-bond acceptors (Lipinski definition) is 5. The molecule has 3 fully saturated rings. The van der Waals surface area contributed by atoms with Crippen LogP contribution in [0.5, 0.6) is 0 Å². The SMILES string of the molecule is Brc1cc(NCC2CN3CCCC3CO2)nc(C2CC2)n1. The van der Waals surface area contributed by atoms with E-state index >= 15 is 0 Å². The number of rotatable bonds is 4. The van der Waals surface area contributed by atoms with E-state index in [0.717, 1.165) is 35.9 Å². The largest absolute Gasteiger partial charge is 0.373 e. The van der Waals surface area contributed by atoms with Crippen molar-refractivity contribution in [2.24, 2.45) is 0 Å². The minimum Gasteiger partial charge on any atom is -0.373 e. The van der Waals surface area contributed by atoms with Crippen LogP contribution in [0.25, 0.3) is 0 Å². The number of aromatic nitrogens is 2. The molecule has 1 aliphatic carbocycles. The number of morpholine rings is 1. The van der Waals surface area contributed by atoms with Gasteiger partial charge in [0.2, 0.25) is 0 Å². The molecule has 6 heteroatoms. The van der Waals surface area contributed by atoms with Crippen LogP contribution >= 0.6 is 15.9 Å². The molecule has 1 saturated carbocycles. The first-order valence-electron chi connectivity index (χ1n) is 7.92. The molecule has 1 N–H and O–H groups in total. The van der Waals surface area contributed by atoms with Crippen molar-refractivity contribution >= 4 is 21.7 Å². The van der Waals surface area contributed by atoms with Crippen LogP contribution < -0.4 is 5.32 Å². The predicted octanol–water partition coefficient (Wildman–Crippen LogP) is 2.39. The van der Waals surface area contributed by atoms with Crippen molar-refractivity contribution in [2.45, 2.75) is 43.7 Å². The Morgan fingerprint density at radius 2 is 2.24 bits per heavy atom. The summed E-state index contributed by atoms with van der Waals surface area (Å²) in [4.78, 5) is 11.7. The minimum atomic E-state index is 0.262. The lowest BCUT2D eigenvalue weighted by Gasteiger charge is -2.35. The summed E-state index contributed by atoms with van der Waals surface area (Å²) in [5.41, 5.74) is 0. The van der Waals surface area contributed by atoms with E-state index in [9.17, 15) is 0 Å². The van der Waals surface area contributed by atoms with E-state index in [1.54, 1.807) is 0 Å². The third-order valence-electron chi connectivity index (χ3n) is 4.63. The van der Waals surface area contributed by atoms with Gasteiger partial charge in [-0.25, -0.2) is 9.97 Å². The van der Waals surface area contributed by atoms with Gasteiger partial charge < -0.3 is 10.1 Å². The Balaban J connectivity index is 1.36. The molecule has 114 valence electrons. The molecular weight excluding hydrogens is 332 g/mol. The summed E-state index contributed by atoms with van der Waals surface area (Å²) in [6.45, 7) is 3.97. The summed E-state index contributed by atoms with van der Waals surface area (Å²) >= 11 is 3.48. The fourth-order valence-electron chi connectivity index (χ4n) is 3.28. The standard InChI is InChI=1S/C15H21BrN4O/c16-13-6-14(19-15(18-13)10-3-4-10)17-7-12-8-20-5-1-2-11(20)9-21-12/h6,10-12H,1-5,7-9H2,(H,17,18,19). The zero-order valence-electron chi connectivity index (χ0n) is 12.1. The summed E-state index contributed by atoms with van der Waals surface area (Å²) in [6, 6.07) is 2.61. The highest BCUT2D eigenvalue weighted by molar-refractivity contribution is 9.10. The van der Waals surface area contributed by atoms with Crippen molar-refractivity contribution in [1.29, 1.82) is 0 Å². The fraction of sp³-hybridized carbons (Fsp3) is 0.733. The summed E-state index contributed by atoms with van der Waals surface area (Å²) in [6.07, 6.45) is 5.31. The van der Waals surface area contributed by atoms with Crippen molar-refractivity contribution in [1.82, 2.24) is 14.9 Å². The molecule has 2 aliphatic heterocycles. The van der Waals surface area contributed by atoms with Crippen LogP contribution in [-0.2, 0) is 4.74 Å². The molecule has 0 radical (unpaired) electrons. The van der Waals surface area contributed by atoms with Crippen molar-refractivity contribution in [3.05, 3.63) is 16.5 Å². The van der Waals surface area contributed by atoms with E-state index in [0.29, 0.717) is 12.0 Å². The Morgan fingerprint density at radius 3 is 3.10 bits per heavy atom. The first-order chi connectivity index (χ1) is 10.3. The first kappa shape index (κ1) is 13.9. The smallest absolute Gasteiger partial charge is 0.135 e. The fourth-order valence-corrected chi connectivity index (χ4v) is 3.68. The van der Waals surface area contributed by atoms with Gasteiger partial charge in [0.15, 0.2) is 0 Å². The number of nitrogens with zero attached hydrogens (tertiary/aromatic N) is 3. The third-order valence-corrected chi connectivity index (χ3v) is 5.03. The highest BCUT2D eigenvalue weighted by Crippen LogP contribution is 2.38. The number of hydrogen-bond donors (Lipinski definition) is 1. The number of nitrogens with one attached hydrogen (secondary N) is 1. The lowest BCUT2D eigenvalue weighted by atomic mass is 10.2. The van der Waals surface area contributed by atoms with Gasteiger partial charge in [-0.05, 0) is 48.2 Å². The Kier molecular flexibility index (Phi) is 3.85. The minimum absolute atomic E-state index is 0.262. The van der Waals surface area contributed by atoms with Crippen LogP contribution in [0.4, 0.5) is 5.82 Å². The van der Waals surface area contributed by atoms with Crippen molar-refractivity contribution in [3.63, 3.8) is 0 Å². The number of fused-ring (bicyclic) bond motifs is 1. The van der Waals surface area contributed by atoms with Crippen molar-refractivity contribution in [3.8, 4) is 0 Å². The van der Waals surface area contributed by atoms with Crippen LogP contribution in [-0.4, -0.2) is 53.3 Å². The van der Waals surface area contributed by atoms with E-state index in [1.807, 2.05) is 6.07 Å². The topological polar surface area (TPSA) is 50.3 Å². The third kappa shape index (κ3) is 3.22. The lowest BCUT2D eigenvalue weighted by molar-refractivity contribution is -0.0416. The summed E-state index contributed by atoms with van der Waals surface area (Å²) < 4.78 is 6.84. The second kappa shape index (κ2) is 5.82. The van der Waals surface area contributed by atoms with Gasteiger partial charge in [0.25, 0.3) is 0 Å². The molecule has 2 saturated heterocycles. The Morgan fingerprint density at radius 1 is 1.33 bits per heavy atom. The highest BCUT2D eigenvalue weighted by Gasteiger charge is 2.32. The van der Waals surface area contributed by atoms with Gasteiger partial charge in [0.1, 0.15) is 16.2 Å². The zero-order valence-corrected chi connectivity index (χ0v) is 13.7. The second-order valence-corrected chi connectivity index (χ2v) is 7.15. The van der Waals surface area contributed by atoms with Gasteiger partial charge in [-0.15, -0.1) is 0 Å².